The van der Waals surface area contributed by atoms with E-state index in [0.29, 0.717) is 21.3 Å². The summed E-state index contributed by atoms with van der Waals surface area (Å²) in [6.07, 6.45) is 0. The molecule has 2 aromatic rings. The molecule has 3 nitrogen and oxygen atoms in total. The minimum absolute atomic E-state index is 0.194. The molecule has 1 heterocycles. The van der Waals surface area contributed by atoms with Gasteiger partial charge in [0, 0.05) is 12.3 Å². The van der Waals surface area contributed by atoms with Gasteiger partial charge in [-0.25, -0.2) is 0 Å². The van der Waals surface area contributed by atoms with Crippen LogP contribution < -0.4 is 5.32 Å². The topological polar surface area (TPSA) is 42.2 Å². The van der Waals surface area contributed by atoms with Gasteiger partial charge in [-0.2, -0.15) is 0 Å². The zero-order valence-corrected chi connectivity index (χ0v) is 11.2. The van der Waals surface area contributed by atoms with Crippen molar-refractivity contribution in [1.29, 1.82) is 0 Å². The Morgan fingerprint density at radius 3 is 2.59 bits per heavy atom. The summed E-state index contributed by atoms with van der Waals surface area (Å²) in [6.45, 7) is 5.17. The van der Waals surface area contributed by atoms with Gasteiger partial charge in [0.15, 0.2) is 5.58 Å². The van der Waals surface area contributed by atoms with E-state index in [9.17, 15) is 4.79 Å². The van der Waals surface area contributed by atoms with Gasteiger partial charge in [0.2, 0.25) is 5.91 Å². The first kappa shape index (κ1) is 12.3. The van der Waals surface area contributed by atoms with Crippen molar-refractivity contribution in [1.82, 2.24) is 0 Å². The van der Waals surface area contributed by atoms with Gasteiger partial charge >= 0.3 is 0 Å². The fourth-order valence-corrected chi connectivity index (χ4v) is 2.30. The van der Waals surface area contributed by atoms with Crippen LogP contribution in [0.25, 0.3) is 11.0 Å². The third kappa shape index (κ3) is 2.01. The van der Waals surface area contributed by atoms with Crippen LogP contribution in [-0.4, -0.2) is 5.91 Å². The lowest BCUT2D eigenvalue weighted by Gasteiger charge is -2.07. The van der Waals surface area contributed by atoms with Crippen molar-refractivity contribution in [3.8, 4) is 0 Å². The molecule has 0 radical (unpaired) electrons. The summed E-state index contributed by atoms with van der Waals surface area (Å²) in [5.74, 6) is 0.573. The van der Waals surface area contributed by atoms with Gasteiger partial charge in [-0.1, -0.05) is 23.2 Å². The molecular formula is C12H11Cl2NO2. The summed E-state index contributed by atoms with van der Waals surface area (Å²) in [5, 5.41) is 4.28. The number of nitrogens with one attached hydrogen (secondary N) is 1. The Balaban J connectivity index is 2.78. The van der Waals surface area contributed by atoms with Crippen LogP contribution in [0.3, 0.4) is 0 Å². The normalized spacial score (nSPS) is 10.9. The van der Waals surface area contributed by atoms with E-state index in [1.165, 1.54) is 6.92 Å². The summed E-state index contributed by atoms with van der Waals surface area (Å²) >= 11 is 12.3. The van der Waals surface area contributed by atoms with Gasteiger partial charge in [0.05, 0.1) is 15.7 Å². The minimum atomic E-state index is -0.194. The molecule has 1 N–H and O–H groups in total. The van der Waals surface area contributed by atoms with Crippen LogP contribution in [0.5, 0.6) is 0 Å². The van der Waals surface area contributed by atoms with Crippen molar-refractivity contribution in [2.45, 2.75) is 20.8 Å². The van der Waals surface area contributed by atoms with E-state index in [-0.39, 0.29) is 5.91 Å². The van der Waals surface area contributed by atoms with Crippen LogP contribution >= 0.6 is 23.2 Å². The summed E-state index contributed by atoms with van der Waals surface area (Å²) < 4.78 is 5.54. The first-order chi connectivity index (χ1) is 7.91. The maximum atomic E-state index is 11.1. The predicted molar refractivity (Wildman–Crippen MR) is 70.0 cm³/mol. The van der Waals surface area contributed by atoms with E-state index < -0.39 is 0 Å². The Morgan fingerprint density at radius 2 is 2.00 bits per heavy atom. The number of aryl methyl sites for hydroxylation is 2. The van der Waals surface area contributed by atoms with E-state index in [0.717, 1.165) is 16.7 Å². The van der Waals surface area contributed by atoms with E-state index in [4.69, 9.17) is 27.6 Å². The Labute approximate surface area is 109 Å². The van der Waals surface area contributed by atoms with Gasteiger partial charge in [0.25, 0.3) is 0 Å². The largest absolute Gasteiger partial charge is 0.459 e. The predicted octanol–water partition coefficient (Wildman–Crippen LogP) is 4.31. The smallest absolute Gasteiger partial charge is 0.221 e. The first-order valence-corrected chi connectivity index (χ1v) is 5.82. The SMILES string of the molecule is CC(=O)Nc1cc(Cl)c2oc(C)c(C)c2c1Cl. The molecule has 2 rings (SSSR count). The van der Waals surface area contributed by atoms with E-state index in [1.807, 2.05) is 13.8 Å². The third-order valence-corrected chi connectivity index (χ3v) is 3.31. The van der Waals surface area contributed by atoms with Gasteiger partial charge in [-0.05, 0) is 25.5 Å². The average molecular weight is 272 g/mol. The molecule has 17 heavy (non-hydrogen) atoms. The molecule has 0 aliphatic rings. The number of hydrogen-bond donors (Lipinski definition) is 1. The van der Waals surface area contributed by atoms with Gasteiger partial charge in [-0.3, -0.25) is 4.79 Å². The molecule has 5 heteroatoms. The lowest BCUT2D eigenvalue weighted by Crippen LogP contribution is -2.06. The van der Waals surface area contributed by atoms with Crippen molar-refractivity contribution in [2.75, 3.05) is 5.32 Å². The second-order valence-corrected chi connectivity index (χ2v) is 4.67. The highest BCUT2D eigenvalue weighted by atomic mass is 35.5. The Bertz CT molecular complexity index is 617. The van der Waals surface area contributed by atoms with Crippen LogP contribution in [0.15, 0.2) is 10.5 Å². The number of benzene rings is 1. The zero-order chi connectivity index (χ0) is 12.7. The molecule has 1 aromatic heterocycles. The quantitative estimate of drug-likeness (QED) is 0.840. The summed E-state index contributed by atoms with van der Waals surface area (Å²) in [4.78, 5) is 11.1. The summed E-state index contributed by atoms with van der Waals surface area (Å²) in [6, 6.07) is 1.59. The molecule has 0 unspecified atom stereocenters. The maximum Gasteiger partial charge on any atom is 0.221 e. The number of furan rings is 1. The standard InChI is InChI=1S/C12H11Cl2NO2/c1-5-6(2)17-12-8(13)4-9(15-7(3)16)11(14)10(5)12/h4H,1-3H3,(H,15,16). The molecule has 0 saturated heterocycles. The second kappa shape index (κ2) is 4.24. The maximum absolute atomic E-state index is 11.1. The van der Waals surface area contributed by atoms with E-state index >= 15 is 0 Å². The van der Waals surface area contributed by atoms with E-state index in [1.54, 1.807) is 6.07 Å². The number of fused-ring (bicyclic) bond motifs is 1. The molecule has 0 spiro atoms. The highest BCUT2D eigenvalue weighted by Gasteiger charge is 2.17. The van der Waals surface area contributed by atoms with Crippen LogP contribution in [0.1, 0.15) is 18.2 Å². The van der Waals surface area contributed by atoms with Crippen molar-refractivity contribution in [3.05, 3.63) is 27.4 Å². The van der Waals surface area contributed by atoms with Crippen LogP contribution in [0, 0.1) is 13.8 Å². The molecule has 0 saturated carbocycles. The lowest BCUT2D eigenvalue weighted by atomic mass is 10.1. The number of amides is 1. The molecule has 90 valence electrons. The van der Waals surface area contributed by atoms with Crippen LogP contribution in [0.2, 0.25) is 10.0 Å². The van der Waals surface area contributed by atoms with Crippen molar-refractivity contribution < 1.29 is 9.21 Å². The van der Waals surface area contributed by atoms with Gasteiger partial charge in [-0.15, -0.1) is 0 Å². The van der Waals surface area contributed by atoms with Crippen molar-refractivity contribution in [3.63, 3.8) is 0 Å². The monoisotopic (exact) mass is 271 g/mol. The number of carbonyl (C=O) groups is 1. The summed E-state index contributed by atoms with van der Waals surface area (Å²) in [5.41, 5.74) is 1.99. The van der Waals surface area contributed by atoms with Crippen LogP contribution in [-0.2, 0) is 4.79 Å². The molecule has 0 aliphatic carbocycles. The molecule has 0 atom stereocenters. The van der Waals surface area contributed by atoms with Crippen LogP contribution in [0.4, 0.5) is 5.69 Å². The third-order valence-electron chi connectivity index (χ3n) is 2.64. The zero-order valence-electron chi connectivity index (χ0n) is 9.65. The van der Waals surface area contributed by atoms with Gasteiger partial charge < -0.3 is 9.73 Å². The molecule has 0 aliphatic heterocycles. The number of halogens is 2. The second-order valence-electron chi connectivity index (χ2n) is 3.89. The fraction of sp³-hybridized carbons (Fsp3) is 0.250. The van der Waals surface area contributed by atoms with Crippen molar-refractivity contribution in [2.24, 2.45) is 0 Å². The van der Waals surface area contributed by atoms with Crippen molar-refractivity contribution >= 4 is 45.8 Å². The Kier molecular flexibility index (Phi) is 3.06. The molecule has 1 aromatic carbocycles. The molecule has 0 bridgehead atoms. The first-order valence-electron chi connectivity index (χ1n) is 5.07. The number of carbonyl (C=O) groups excluding carboxylic acids is 1. The number of rotatable bonds is 1. The highest BCUT2D eigenvalue weighted by Crippen LogP contribution is 2.40. The van der Waals surface area contributed by atoms with E-state index in [2.05, 4.69) is 5.32 Å². The fourth-order valence-electron chi connectivity index (χ4n) is 1.73. The molecule has 1 amide bonds. The molecular weight excluding hydrogens is 261 g/mol. The summed E-state index contributed by atoms with van der Waals surface area (Å²) in [7, 11) is 0. The minimum Gasteiger partial charge on any atom is -0.459 e. The highest BCUT2D eigenvalue weighted by molar-refractivity contribution is 6.42. The number of hydrogen-bond acceptors (Lipinski definition) is 2. The number of anilines is 1. The Hall–Kier alpha value is -1.19. The van der Waals surface area contributed by atoms with Gasteiger partial charge in [0.1, 0.15) is 5.76 Å². The lowest BCUT2D eigenvalue weighted by molar-refractivity contribution is -0.114. The molecule has 0 fully saturated rings. The average Bonchev–Trinajstić information content (AvgIpc) is 2.52. The Morgan fingerprint density at radius 1 is 1.35 bits per heavy atom.